The van der Waals surface area contributed by atoms with Crippen LogP contribution in [0.4, 0.5) is 5.69 Å². The maximum atomic E-state index is 13.3. The Balaban J connectivity index is 1.86. The molecule has 0 fully saturated rings. The minimum Gasteiger partial charge on any atom is -0.268 e. The Morgan fingerprint density at radius 1 is 0.867 bits per heavy atom. The van der Waals surface area contributed by atoms with E-state index in [4.69, 9.17) is 4.98 Å². The molecule has 2 unspecified atom stereocenters. The van der Waals surface area contributed by atoms with Crippen LogP contribution in [0, 0.1) is 10.1 Å². The zero-order valence-electron chi connectivity index (χ0n) is 15.5. The van der Waals surface area contributed by atoms with E-state index < -0.39 is 4.92 Å². The van der Waals surface area contributed by atoms with Gasteiger partial charge in [0.15, 0.2) is 0 Å². The molecule has 3 aromatic carbocycles. The van der Waals surface area contributed by atoms with Crippen molar-refractivity contribution in [1.29, 1.82) is 0 Å². The highest BCUT2D eigenvalue weighted by molar-refractivity contribution is 9.12. The van der Waals surface area contributed by atoms with Gasteiger partial charge >= 0.3 is 0 Å². The van der Waals surface area contributed by atoms with E-state index in [1.165, 1.54) is 12.1 Å². The average Bonchev–Trinajstić information content (AvgIpc) is 2.78. The van der Waals surface area contributed by atoms with E-state index in [1.54, 1.807) is 22.8 Å². The third-order valence-corrected chi connectivity index (χ3v) is 7.45. The number of fused-ring (bicyclic) bond motifs is 1. The van der Waals surface area contributed by atoms with E-state index in [1.807, 2.05) is 48.5 Å². The lowest BCUT2D eigenvalue weighted by atomic mass is 10.1. The predicted octanol–water partition coefficient (Wildman–Crippen LogP) is 5.87. The molecular formula is C22H15Br2N3O3. The molecule has 6 nitrogen and oxygen atoms in total. The molecule has 0 saturated heterocycles. The predicted molar refractivity (Wildman–Crippen MR) is 124 cm³/mol. The second kappa shape index (κ2) is 8.49. The van der Waals surface area contributed by atoms with E-state index >= 15 is 0 Å². The highest BCUT2D eigenvalue weighted by Crippen LogP contribution is 2.42. The molecule has 1 heterocycles. The van der Waals surface area contributed by atoms with Gasteiger partial charge in [-0.15, -0.1) is 0 Å². The van der Waals surface area contributed by atoms with Crippen LogP contribution >= 0.6 is 31.9 Å². The van der Waals surface area contributed by atoms with Gasteiger partial charge in [-0.2, -0.15) is 0 Å². The zero-order chi connectivity index (χ0) is 21.3. The summed E-state index contributed by atoms with van der Waals surface area (Å²) in [5.41, 5.74) is 2.01. The smallest absolute Gasteiger partial charge is 0.268 e. The number of rotatable bonds is 5. The quantitative estimate of drug-likeness (QED) is 0.184. The summed E-state index contributed by atoms with van der Waals surface area (Å²) in [6.07, 6.45) is 0. The van der Waals surface area contributed by atoms with Gasteiger partial charge in [0.2, 0.25) is 0 Å². The van der Waals surface area contributed by atoms with Crippen LogP contribution in [0.2, 0.25) is 0 Å². The maximum absolute atomic E-state index is 13.3. The third-order valence-electron chi connectivity index (χ3n) is 4.74. The number of hydrogen-bond acceptors (Lipinski definition) is 4. The number of hydrogen-bond donors (Lipinski definition) is 0. The molecule has 1 aromatic heterocycles. The number of alkyl halides is 2. The summed E-state index contributed by atoms with van der Waals surface area (Å²) in [5, 5.41) is 11.5. The molecule has 0 aliphatic rings. The minimum atomic E-state index is -0.434. The van der Waals surface area contributed by atoms with E-state index in [0.717, 1.165) is 5.56 Å². The Morgan fingerprint density at radius 3 is 2.17 bits per heavy atom. The molecule has 30 heavy (non-hydrogen) atoms. The summed E-state index contributed by atoms with van der Waals surface area (Å²) >= 11 is 7.37. The molecule has 4 aromatic rings. The summed E-state index contributed by atoms with van der Waals surface area (Å²) in [6, 6.07) is 22.9. The molecule has 0 N–H and O–H groups in total. The molecule has 0 radical (unpaired) electrons. The Bertz CT molecular complexity index is 1270. The fraction of sp³-hybridized carbons (Fsp3) is 0.0909. The first-order valence-corrected chi connectivity index (χ1v) is 10.9. The summed E-state index contributed by atoms with van der Waals surface area (Å²) in [5.74, 6) is 0.533. The zero-order valence-corrected chi connectivity index (χ0v) is 18.7. The van der Waals surface area contributed by atoms with Crippen molar-refractivity contribution in [2.24, 2.45) is 0 Å². The van der Waals surface area contributed by atoms with Crippen LogP contribution in [0.3, 0.4) is 0 Å². The molecule has 2 atom stereocenters. The molecule has 0 amide bonds. The lowest BCUT2D eigenvalue weighted by molar-refractivity contribution is -0.384. The van der Waals surface area contributed by atoms with Gasteiger partial charge in [-0.3, -0.25) is 19.5 Å². The van der Waals surface area contributed by atoms with Crippen molar-refractivity contribution in [1.82, 2.24) is 9.55 Å². The fourth-order valence-electron chi connectivity index (χ4n) is 3.24. The van der Waals surface area contributed by atoms with Crippen LogP contribution in [-0.4, -0.2) is 14.5 Å². The summed E-state index contributed by atoms with van der Waals surface area (Å²) in [6.45, 7) is 0. The lowest BCUT2D eigenvalue weighted by Gasteiger charge is -2.21. The van der Waals surface area contributed by atoms with Crippen LogP contribution < -0.4 is 5.56 Å². The molecule has 0 saturated carbocycles. The number of nitrogens with zero attached hydrogens (tertiary/aromatic N) is 3. The van der Waals surface area contributed by atoms with Crippen LogP contribution in [0.5, 0.6) is 0 Å². The Hall–Kier alpha value is -2.84. The topological polar surface area (TPSA) is 78.0 Å². The standard InChI is InChI=1S/C22H15Br2N3O3/c23-19(14-10-12-16(13-11-14)27(29)30)20(24)21-25-18-9-5-4-8-17(18)22(28)26(21)15-6-2-1-3-7-15/h1-13,19-20H. The maximum Gasteiger partial charge on any atom is 0.269 e. The fourth-order valence-corrected chi connectivity index (χ4v) is 4.40. The van der Waals surface area contributed by atoms with Gasteiger partial charge in [-0.1, -0.05) is 74.3 Å². The highest BCUT2D eigenvalue weighted by Gasteiger charge is 2.26. The molecule has 0 aliphatic heterocycles. The van der Waals surface area contributed by atoms with Crippen LogP contribution in [0.25, 0.3) is 16.6 Å². The molecule has 0 spiro atoms. The SMILES string of the molecule is O=c1c2ccccc2nc(C(Br)C(Br)c2ccc([N+](=O)[O-])cc2)n1-c1ccccc1. The molecule has 150 valence electrons. The first-order valence-electron chi connectivity index (χ1n) is 9.07. The van der Waals surface area contributed by atoms with Gasteiger partial charge in [0.1, 0.15) is 5.82 Å². The minimum absolute atomic E-state index is 0.0228. The van der Waals surface area contributed by atoms with Crippen molar-refractivity contribution < 1.29 is 4.92 Å². The van der Waals surface area contributed by atoms with Gasteiger partial charge < -0.3 is 0 Å². The number of benzene rings is 3. The third kappa shape index (κ3) is 3.80. The lowest BCUT2D eigenvalue weighted by Crippen LogP contribution is -2.25. The van der Waals surface area contributed by atoms with E-state index in [-0.39, 0.29) is 20.9 Å². The number of nitro groups is 1. The highest BCUT2D eigenvalue weighted by atomic mass is 79.9. The van der Waals surface area contributed by atoms with E-state index in [0.29, 0.717) is 22.4 Å². The summed E-state index contributed by atoms with van der Waals surface area (Å²) in [4.78, 5) is 28.0. The van der Waals surface area contributed by atoms with Gasteiger partial charge in [0.05, 0.1) is 31.2 Å². The van der Waals surface area contributed by atoms with Gasteiger partial charge in [-0.25, -0.2) is 4.98 Å². The second-order valence-electron chi connectivity index (χ2n) is 6.62. The Labute approximate surface area is 188 Å². The van der Waals surface area contributed by atoms with Crippen molar-refractivity contribution in [2.45, 2.75) is 9.65 Å². The van der Waals surface area contributed by atoms with Crippen molar-refractivity contribution in [3.05, 3.63) is 111 Å². The number of nitro benzene ring substituents is 1. The largest absolute Gasteiger partial charge is 0.269 e. The van der Waals surface area contributed by atoms with Crippen molar-refractivity contribution in [3.63, 3.8) is 0 Å². The van der Waals surface area contributed by atoms with E-state index in [2.05, 4.69) is 31.9 Å². The summed E-state index contributed by atoms with van der Waals surface area (Å²) < 4.78 is 1.60. The first-order chi connectivity index (χ1) is 14.5. The number of halogens is 2. The number of non-ortho nitro benzene ring substituents is 1. The van der Waals surface area contributed by atoms with Crippen molar-refractivity contribution in [3.8, 4) is 5.69 Å². The molecule has 4 rings (SSSR count). The second-order valence-corrected chi connectivity index (χ2v) is 8.59. The van der Waals surface area contributed by atoms with Crippen LogP contribution in [0.15, 0.2) is 83.7 Å². The van der Waals surface area contributed by atoms with Crippen molar-refractivity contribution >= 4 is 48.5 Å². The Kier molecular flexibility index (Phi) is 5.78. The van der Waals surface area contributed by atoms with Crippen LogP contribution in [0.1, 0.15) is 21.0 Å². The first kappa shape index (κ1) is 20.4. The normalized spacial score (nSPS) is 13.1. The molecular weight excluding hydrogens is 514 g/mol. The number of para-hydroxylation sites is 2. The monoisotopic (exact) mass is 527 g/mol. The average molecular weight is 529 g/mol. The van der Waals surface area contributed by atoms with Crippen LogP contribution in [-0.2, 0) is 0 Å². The van der Waals surface area contributed by atoms with Gasteiger partial charge in [0, 0.05) is 12.1 Å². The molecule has 0 aliphatic carbocycles. The van der Waals surface area contributed by atoms with Gasteiger partial charge in [-0.05, 0) is 29.8 Å². The van der Waals surface area contributed by atoms with Crippen molar-refractivity contribution in [2.75, 3.05) is 0 Å². The van der Waals surface area contributed by atoms with Gasteiger partial charge in [0.25, 0.3) is 11.2 Å². The number of aromatic nitrogens is 2. The molecule has 0 bridgehead atoms. The van der Waals surface area contributed by atoms with E-state index in [9.17, 15) is 14.9 Å². The molecule has 8 heteroatoms. The Morgan fingerprint density at radius 2 is 1.50 bits per heavy atom. The summed E-state index contributed by atoms with van der Waals surface area (Å²) in [7, 11) is 0.